The maximum Gasteiger partial charge on any atom is 0.237 e. The Bertz CT molecular complexity index is 1220. The zero-order valence-corrected chi connectivity index (χ0v) is 22.6. The molecule has 0 saturated carbocycles. The Morgan fingerprint density at radius 1 is 0.750 bits per heavy atom. The number of nitrogens with two attached hydrogens (primary N) is 2. The molecule has 0 heterocycles. The lowest BCUT2D eigenvalue weighted by Gasteiger charge is -2.15. The van der Waals surface area contributed by atoms with Crippen LogP contribution in [0, 0.1) is 0 Å². The minimum absolute atomic E-state index is 0.103. The minimum atomic E-state index is -0.928. The van der Waals surface area contributed by atoms with E-state index in [0.29, 0.717) is 37.8 Å². The molecule has 0 radical (unpaired) electrons. The highest BCUT2D eigenvalue weighted by Crippen LogP contribution is 2.27. The maximum absolute atomic E-state index is 12.7. The molecule has 0 aliphatic carbocycles. The molecule has 3 amide bonds. The van der Waals surface area contributed by atoms with Crippen molar-refractivity contribution in [3.63, 3.8) is 0 Å². The Labute approximate surface area is 235 Å². The molecule has 6 N–H and O–H groups in total. The van der Waals surface area contributed by atoms with E-state index >= 15 is 0 Å². The molecule has 3 rings (SSSR count). The zero-order valence-electron chi connectivity index (χ0n) is 22.6. The van der Waals surface area contributed by atoms with Crippen molar-refractivity contribution in [2.24, 2.45) is 11.5 Å². The summed E-state index contributed by atoms with van der Waals surface area (Å²) in [7, 11) is 0. The third-order valence-electron chi connectivity index (χ3n) is 6.11. The monoisotopic (exact) mass is 546 g/mol. The average molecular weight is 547 g/mol. The van der Waals surface area contributed by atoms with Gasteiger partial charge in [0.2, 0.25) is 17.7 Å². The first-order valence-electron chi connectivity index (χ1n) is 13.5. The van der Waals surface area contributed by atoms with Gasteiger partial charge in [0.05, 0.1) is 18.9 Å². The topological polar surface area (TPSA) is 146 Å². The highest BCUT2D eigenvalue weighted by Gasteiger charge is 2.15. The molecule has 212 valence electrons. The van der Waals surface area contributed by atoms with Crippen molar-refractivity contribution in [1.29, 1.82) is 0 Å². The lowest BCUT2D eigenvalue weighted by atomic mass is 10.1. The molecule has 1 atom stereocenters. The Morgan fingerprint density at radius 2 is 1.35 bits per heavy atom. The number of hydrogen-bond acceptors (Lipinski definition) is 6. The molecule has 40 heavy (non-hydrogen) atoms. The predicted molar refractivity (Wildman–Crippen MR) is 153 cm³/mol. The summed E-state index contributed by atoms with van der Waals surface area (Å²) in [6.07, 6.45) is 2.30. The minimum Gasteiger partial charge on any atom is -0.489 e. The van der Waals surface area contributed by atoms with Crippen molar-refractivity contribution >= 4 is 17.7 Å². The number of primary amides is 1. The van der Waals surface area contributed by atoms with Crippen LogP contribution in [-0.4, -0.2) is 36.9 Å². The van der Waals surface area contributed by atoms with Crippen LogP contribution in [-0.2, 0) is 34.0 Å². The first-order valence-corrected chi connectivity index (χ1v) is 13.5. The number of amides is 3. The molecule has 0 aliphatic rings. The van der Waals surface area contributed by atoms with E-state index in [1.54, 1.807) is 0 Å². The van der Waals surface area contributed by atoms with Crippen LogP contribution in [0.1, 0.15) is 42.4 Å². The smallest absolute Gasteiger partial charge is 0.237 e. The molecule has 3 aromatic rings. The number of hydrogen-bond donors (Lipinski definition) is 4. The Kier molecular flexibility index (Phi) is 12.5. The first-order chi connectivity index (χ1) is 19.4. The fourth-order valence-corrected chi connectivity index (χ4v) is 3.92. The van der Waals surface area contributed by atoms with Crippen LogP contribution >= 0.6 is 0 Å². The van der Waals surface area contributed by atoms with Crippen molar-refractivity contribution in [2.45, 2.75) is 51.4 Å². The Morgan fingerprint density at radius 3 is 1.98 bits per heavy atom. The van der Waals surface area contributed by atoms with Gasteiger partial charge < -0.3 is 31.6 Å². The maximum atomic E-state index is 12.7. The van der Waals surface area contributed by atoms with Crippen molar-refractivity contribution in [1.82, 2.24) is 10.6 Å². The van der Waals surface area contributed by atoms with Gasteiger partial charge in [-0.05, 0) is 36.5 Å². The van der Waals surface area contributed by atoms with Crippen molar-refractivity contribution in [2.75, 3.05) is 13.1 Å². The molecular formula is C31H38N4O5. The Balaban J connectivity index is 1.46. The fraction of sp³-hybridized carbons (Fsp3) is 0.323. The second-order valence-corrected chi connectivity index (χ2v) is 9.47. The zero-order chi connectivity index (χ0) is 28.6. The number of carbonyl (C=O) groups excluding carboxylic acids is 3. The van der Waals surface area contributed by atoms with Crippen LogP contribution in [0.15, 0.2) is 78.9 Å². The van der Waals surface area contributed by atoms with Gasteiger partial charge in [-0.15, -0.1) is 0 Å². The van der Waals surface area contributed by atoms with Crippen LogP contribution in [0.25, 0.3) is 0 Å². The van der Waals surface area contributed by atoms with Crippen molar-refractivity contribution < 1.29 is 23.9 Å². The molecule has 0 spiro atoms. The normalized spacial score (nSPS) is 11.3. The molecule has 0 saturated heterocycles. The van der Waals surface area contributed by atoms with E-state index in [2.05, 4.69) is 10.6 Å². The Hall–Kier alpha value is -4.37. The summed E-state index contributed by atoms with van der Waals surface area (Å²) in [6.45, 7) is 1.77. The van der Waals surface area contributed by atoms with Gasteiger partial charge in [-0.3, -0.25) is 14.4 Å². The highest BCUT2D eigenvalue weighted by atomic mass is 16.5. The number of ether oxygens (including phenoxy) is 2. The fourth-order valence-electron chi connectivity index (χ4n) is 3.92. The first kappa shape index (κ1) is 30.2. The van der Waals surface area contributed by atoms with Gasteiger partial charge in [0.1, 0.15) is 24.7 Å². The summed E-state index contributed by atoms with van der Waals surface area (Å²) < 4.78 is 12.1. The number of unbranched alkanes of at least 4 members (excludes halogenated alkanes) is 2. The van der Waals surface area contributed by atoms with E-state index in [1.807, 2.05) is 78.9 Å². The van der Waals surface area contributed by atoms with E-state index in [0.717, 1.165) is 36.0 Å². The van der Waals surface area contributed by atoms with E-state index < -0.39 is 17.9 Å². The number of carbonyl (C=O) groups is 3. The molecule has 0 aliphatic heterocycles. The van der Waals surface area contributed by atoms with Crippen LogP contribution < -0.4 is 31.6 Å². The van der Waals surface area contributed by atoms with Gasteiger partial charge in [-0.1, -0.05) is 66.7 Å². The highest BCUT2D eigenvalue weighted by molar-refractivity contribution is 5.87. The molecule has 0 aromatic heterocycles. The lowest BCUT2D eigenvalue weighted by Crippen LogP contribution is -2.43. The lowest BCUT2D eigenvalue weighted by molar-refractivity contribution is -0.126. The van der Waals surface area contributed by atoms with E-state index in [-0.39, 0.29) is 18.7 Å². The number of benzene rings is 3. The summed E-state index contributed by atoms with van der Waals surface area (Å²) in [5.41, 5.74) is 13.5. The quantitative estimate of drug-likeness (QED) is 0.192. The van der Waals surface area contributed by atoms with E-state index in [1.165, 1.54) is 0 Å². The van der Waals surface area contributed by atoms with Gasteiger partial charge in [0.15, 0.2) is 0 Å². The van der Waals surface area contributed by atoms with Gasteiger partial charge in [-0.25, -0.2) is 0 Å². The van der Waals surface area contributed by atoms with Gasteiger partial charge >= 0.3 is 0 Å². The summed E-state index contributed by atoms with van der Waals surface area (Å²) in [6, 6.07) is 24.4. The van der Waals surface area contributed by atoms with Crippen LogP contribution in [0.5, 0.6) is 11.5 Å². The SMILES string of the molecule is NC(=O)C[C@@H](N)C(=O)NCCCCCNC(=O)Cc1ccc(OCc2ccccc2)cc1OCc1ccccc1. The number of rotatable bonds is 17. The summed E-state index contributed by atoms with van der Waals surface area (Å²) in [5.74, 6) is 0.163. The van der Waals surface area contributed by atoms with Crippen molar-refractivity contribution in [3.8, 4) is 11.5 Å². The summed E-state index contributed by atoms with van der Waals surface area (Å²) >= 11 is 0. The third-order valence-corrected chi connectivity index (χ3v) is 6.11. The summed E-state index contributed by atoms with van der Waals surface area (Å²) in [5, 5.41) is 5.64. The molecule has 0 fully saturated rings. The predicted octanol–water partition coefficient (Wildman–Crippen LogP) is 2.99. The standard InChI is InChI=1S/C31H38N4O5/c32-27(20-29(33)36)31(38)35-17-9-3-8-16-34-30(37)18-25-14-15-26(39-21-23-10-4-1-5-11-23)19-28(25)40-22-24-12-6-2-7-13-24/h1-2,4-7,10-15,19,27H,3,8-9,16-18,20-22,32H2,(H2,33,36)(H,34,37)(H,35,38)/t27-/m1/s1. The molecule has 0 bridgehead atoms. The van der Waals surface area contributed by atoms with E-state index in [4.69, 9.17) is 20.9 Å². The largest absolute Gasteiger partial charge is 0.489 e. The van der Waals surface area contributed by atoms with Crippen molar-refractivity contribution in [3.05, 3.63) is 95.6 Å². The molecule has 9 nitrogen and oxygen atoms in total. The van der Waals surface area contributed by atoms with Gasteiger partial charge in [0.25, 0.3) is 0 Å². The molecular weight excluding hydrogens is 508 g/mol. The molecule has 0 unspecified atom stereocenters. The van der Waals surface area contributed by atoms with Gasteiger partial charge in [-0.2, -0.15) is 0 Å². The molecule has 9 heteroatoms. The number of nitrogens with one attached hydrogen (secondary N) is 2. The third kappa shape index (κ3) is 11.2. The second-order valence-electron chi connectivity index (χ2n) is 9.47. The van der Waals surface area contributed by atoms with E-state index in [9.17, 15) is 14.4 Å². The van der Waals surface area contributed by atoms with Gasteiger partial charge in [0, 0.05) is 24.7 Å². The second kappa shape index (κ2) is 16.6. The summed E-state index contributed by atoms with van der Waals surface area (Å²) in [4.78, 5) is 35.3. The van der Waals surface area contributed by atoms with Crippen LogP contribution in [0.4, 0.5) is 0 Å². The van der Waals surface area contributed by atoms with Crippen LogP contribution in [0.3, 0.4) is 0 Å². The van der Waals surface area contributed by atoms with Crippen LogP contribution in [0.2, 0.25) is 0 Å². The average Bonchev–Trinajstić information content (AvgIpc) is 2.96. The molecule has 3 aromatic carbocycles.